The lowest BCUT2D eigenvalue weighted by molar-refractivity contribution is 0.100. The van der Waals surface area contributed by atoms with E-state index in [0.29, 0.717) is 22.6 Å². The molecule has 0 aliphatic carbocycles. The van der Waals surface area contributed by atoms with Crippen LogP contribution in [-0.4, -0.2) is 21.1 Å². The summed E-state index contributed by atoms with van der Waals surface area (Å²) in [6, 6.07) is 9.48. The lowest BCUT2D eigenvalue weighted by Gasteiger charge is -2.16. The number of carbonyl (C=O) groups is 2. The first-order valence-corrected chi connectivity index (χ1v) is 12.6. The molecule has 1 atom stereocenters. The fourth-order valence-corrected chi connectivity index (χ4v) is 4.85. The Hall–Kier alpha value is -3.56. The van der Waals surface area contributed by atoms with Crippen molar-refractivity contribution >= 4 is 34.4 Å². The van der Waals surface area contributed by atoms with Gasteiger partial charge in [0.25, 0.3) is 5.91 Å². The van der Waals surface area contributed by atoms with Gasteiger partial charge < -0.3 is 10.3 Å². The number of rotatable bonds is 7. The van der Waals surface area contributed by atoms with E-state index in [0.717, 1.165) is 30.4 Å². The van der Waals surface area contributed by atoms with Crippen LogP contribution in [0.1, 0.15) is 71.0 Å². The Morgan fingerprint density at radius 3 is 2.61 bits per heavy atom. The fraction of sp³-hybridized carbons (Fsp3) is 0.296. The van der Waals surface area contributed by atoms with Crippen molar-refractivity contribution in [1.29, 1.82) is 0 Å². The normalized spacial score (nSPS) is 12.5. The lowest BCUT2D eigenvalue weighted by atomic mass is 10.0. The van der Waals surface area contributed by atoms with Crippen molar-refractivity contribution in [1.82, 2.24) is 9.38 Å². The Morgan fingerprint density at radius 2 is 1.97 bits per heavy atom. The maximum absolute atomic E-state index is 13.8. The van der Waals surface area contributed by atoms with Crippen molar-refractivity contribution in [2.24, 2.45) is 5.73 Å². The Kier molecular flexibility index (Phi) is 8.60. The standard InChI is InChI=1S/C18H23FN2OS.C9H8N2O2/c1-4-7-14-15(11-23-16(14)5-2)17(22)21-13-9-6-8-12(10-13)18(3,19)20;1-6(12)8-5-10-9-4-7(13)2-3-11(8)9/h6,8-11H,4-5,7,20H2,1-3H3,(H,21,22);2-5,10H,1H3. The van der Waals surface area contributed by atoms with Crippen molar-refractivity contribution < 1.29 is 14.0 Å². The number of pyridine rings is 1. The first-order valence-electron chi connectivity index (χ1n) is 11.7. The molecule has 0 radical (unpaired) electrons. The fourth-order valence-electron chi connectivity index (χ4n) is 3.82. The minimum atomic E-state index is -1.92. The molecule has 0 bridgehead atoms. The van der Waals surface area contributed by atoms with E-state index in [9.17, 15) is 18.8 Å². The topological polar surface area (TPSA) is 109 Å². The number of aromatic amines is 1. The number of anilines is 1. The molecule has 7 nitrogen and oxygen atoms in total. The van der Waals surface area contributed by atoms with Gasteiger partial charge >= 0.3 is 0 Å². The van der Waals surface area contributed by atoms with Gasteiger partial charge in [-0.1, -0.05) is 32.4 Å². The summed E-state index contributed by atoms with van der Waals surface area (Å²) < 4.78 is 15.5. The highest BCUT2D eigenvalue weighted by Gasteiger charge is 2.21. The molecule has 0 saturated heterocycles. The van der Waals surface area contributed by atoms with Gasteiger partial charge in [-0.05, 0) is 37.5 Å². The summed E-state index contributed by atoms with van der Waals surface area (Å²) in [7, 11) is 0. The highest BCUT2D eigenvalue weighted by Crippen LogP contribution is 2.27. The molecule has 1 aromatic carbocycles. The summed E-state index contributed by atoms with van der Waals surface area (Å²) in [6.45, 7) is 6.98. The smallest absolute Gasteiger partial charge is 0.256 e. The number of hydrogen-bond acceptors (Lipinski definition) is 5. The second kappa shape index (κ2) is 11.5. The number of alkyl halides is 1. The average Bonchev–Trinajstić information content (AvgIpc) is 3.43. The number of thiophene rings is 1. The maximum atomic E-state index is 13.8. The van der Waals surface area contributed by atoms with E-state index in [1.54, 1.807) is 52.4 Å². The molecule has 3 heterocycles. The quantitative estimate of drug-likeness (QED) is 0.227. The second-order valence-corrected chi connectivity index (χ2v) is 9.58. The number of ketones is 1. The van der Waals surface area contributed by atoms with Gasteiger partial charge in [-0.25, -0.2) is 4.39 Å². The number of carbonyl (C=O) groups excluding carboxylic acids is 2. The number of aromatic nitrogens is 2. The van der Waals surface area contributed by atoms with Crippen LogP contribution in [0, 0.1) is 0 Å². The number of halogens is 1. The third-order valence-corrected chi connectivity index (χ3v) is 6.81. The van der Waals surface area contributed by atoms with Crippen LogP contribution in [0.25, 0.3) is 5.65 Å². The van der Waals surface area contributed by atoms with Crippen molar-refractivity contribution in [3.05, 3.63) is 91.7 Å². The minimum Gasteiger partial charge on any atom is -0.345 e. The molecule has 4 aromatic rings. The first-order chi connectivity index (χ1) is 17.0. The van der Waals surface area contributed by atoms with Crippen LogP contribution in [0.3, 0.4) is 0 Å². The summed E-state index contributed by atoms with van der Waals surface area (Å²) in [5, 5.41) is 4.76. The van der Waals surface area contributed by atoms with Crippen LogP contribution < -0.4 is 16.5 Å². The molecule has 0 spiro atoms. The molecule has 0 aliphatic heterocycles. The average molecular weight is 511 g/mol. The van der Waals surface area contributed by atoms with Crippen LogP contribution in [0.5, 0.6) is 0 Å². The number of nitrogens with zero attached hydrogens (tertiary/aromatic N) is 1. The van der Waals surface area contributed by atoms with E-state index < -0.39 is 5.79 Å². The van der Waals surface area contributed by atoms with Gasteiger partial charge in [-0.3, -0.25) is 24.5 Å². The molecule has 9 heteroatoms. The van der Waals surface area contributed by atoms with E-state index in [-0.39, 0.29) is 17.1 Å². The molecule has 36 heavy (non-hydrogen) atoms. The van der Waals surface area contributed by atoms with Gasteiger partial charge in [0, 0.05) is 53.0 Å². The highest BCUT2D eigenvalue weighted by molar-refractivity contribution is 7.10. The second-order valence-electron chi connectivity index (χ2n) is 8.61. The van der Waals surface area contributed by atoms with Crippen LogP contribution in [-0.2, 0) is 18.6 Å². The Morgan fingerprint density at radius 1 is 1.22 bits per heavy atom. The Balaban J connectivity index is 0.000000233. The number of imidazole rings is 1. The van der Waals surface area contributed by atoms with Crippen molar-refractivity contribution in [3.8, 4) is 0 Å². The molecule has 0 aliphatic rings. The molecule has 0 saturated carbocycles. The van der Waals surface area contributed by atoms with E-state index in [2.05, 4.69) is 24.1 Å². The number of Topliss-reactive ketones (excluding diaryl/α,β-unsaturated/α-hetero) is 1. The van der Waals surface area contributed by atoms with E-state index >= 15 is 0 Å². The molecule has 3 aromatic heterocycles. The third kappa shape index (κ3) is 6.35. The predicted molar refractivity (Wildman–Crippen MR) is 143 cm³/mol. The molecular weight excluding hydrogens is 479 g/mol. The zero-order chi connectivity index (χ0) is 26.5. The molecule has 1 unspecified atom stereocenters. The van der Waals surface area contributed by atoms with Gasteiger partial charge in [0.1, 0.15) is 11.3 Å². The largest absolute Gasteiger partial charge is 0.345 e. The Labute approximate surface area is 213 Å². The monoisotopic (exact) mass is 510 g/mol. The van der Waals surface area contributed by atoms with Crippen molar-refractivity contribution in [2.75, 3.05) is 5.32 Å². The molecule has 1 amide bonds. The number of hydrogen-bond donors (Lipinski definition) is 3. The van der Waals surface area contributed by atoms with E-state index in [4.69, 9.17) is 5.73 Å². The van der Waals surface area contributed by atoms with E-state index in [1.165, 1.54) is 30.9 Å². The predicted octanol–water partition coefficient (Wildman–Crippen LogP) is 5.45. The molecule has 4 N–H and O–H groups in total. The van der Waals surface area contributed by atoms with Crippen LogP contribution in [0.4, 0.5) is 10.1 Å². The number of nitrogens with one attached hydrogen (secondary N) is 2. The first kappa shape index (κ1) is 27.0. The minimum absolute atomic E-state index is 0.0325. The van der Waals surface area contributed by atoms with Gasteiger partial charge in [0.2, 0.25) is 0 Å². The SMILES string of the molecule is CC(=O)c1c[nH]c2cc(=O)ccn12.CCCc1c(C(=O)Nc2cccc(C(C)(N)F)c2)csc1CC. The zero-order valence-corrected chi connectivity index (χ0v) is 21.7. The number of amides is 1. The number of benzene rings is 1. The maximum Gasteiger partial charge on any atom is 0.256 e. The summed E-state index contributed by atoms with van der Waals surface area (Å²) in [6.07, 6.45) is 5.99. The van der Waals surface area contributed by atoms with Gasteiger partial charge in [-0.2, -0.15) is 0 Å². The van der Waals surface area contributed by atoms with Gasteiger partial charge in [0.15, 0.2) is 17.0 Å². The van der Waals surface area contributed by atoms with Crippen molar-refractivity contribution in [2.45, 2.75) is 52.8 Å². The number of nitrogens with two attached hydrogens (primary N) is 1. The van der Waals surface area contributed by atoms with Gasteiger partial charge in [-0.15, -0.1) is 11.3 Å². The molecule has 0 fully saturated rings. The van der Waals surface area contributed by atoms with E-state index in [1.807, 2.05) is 5.38 Å². The molecular formula is C27H31FN4O3S. The van der Waals surface area contributed by atoms with Crippen LogP contribution in [0.2, 0.25) is 0 Å². The highest BCUT2D eigenvalue weighted by atomic mass is 32.1. The molecule has 190 valence electrons. The summed E-state index contributed by atoms with van der Waals surface area (Å²) in [5.74, 6) is -2.11. The van der Waals surface area contributed by atoms with Crippen LogP contribution >= 0.6 is 11.3 Å². The Bertz CT molecular complexity index is 1430. The zero-order valence-electron chi connectivity index (χ0n) is 20.9. The number of fused-ring (bicyclic) bond motifs is 1. The lowest BCUT2D eigenvalue weighted by Crippen LogP contribution is -2.27. The van der Waals surface area contributed by atoms with Gasteiger partial charge in [0.05, 0.1) is 5.56 Å². The van der Waals surface area contributed by atoms with Crippen molar-refractivity contribution in [3.63, 3.8) is 0 Å². The number of aryl methyl sites for hydroxylation is 1. The third-order valence-electron chi connectivity index (χ3n) is 5.63. The molecule has 4 rings (SSSR count). The summed E-state index contributed by atoms with van der Waals surface area (Å²) in [5.41, 5.74) is 9.32. The van der Waals surface area contributed by atoms with Crippen LogP contribution in [0.15, 0.2) is 59.0 Å². The summed E-state index contributed by atoms with van der Waals surface area (Å²) >= 11 is 1.62. The number of H-pyrrole nitrogens is 1. The summed E-state index contributed by atoms with van der Waals surface area (Å²) in [4.78, 5) is 38.7.